The Kier molecular flexibility index (Phi) is 6.29. The number of rotatable bonds is 1. The van der Waals surface area contributed by atoms with E-state index in [1.807, 2.05) is 13.8 Å². The van der Waals surface area contributed by atoms with Crippen LogP contribution in [0.4, 0.5) is 0 Å². The summed E-state index contributed by atoms with van der Waals surface area (Å²) in [4.78, 5) is 15.1. The van der Waals surface area contributed by atoms with E-state index in [2.05, 4.69) is 9.72 Å². The molecule has 1 heterocycles. The first kappa shape index (κ1) is 14.2. The molecular weight excluding hydrogens is 237 g/mol. The second-order valence-electron chi connectivity index (χ2n) is 2.38. The van der Waals surface area contributed by atoms with Crippen LogP contribution in [0.3, 0.4) is 0 Å². The van der Waals surface area contributed by atoms with E-state index in [1.165, 1.54) is 13.2 Å². The number of pyridine rings is 1. The van der Waals surface area contributed by atoms with Crippen LogP contribution in [0.25, 0.3) is 0 Å². The summed E-state index contributed by atoms with van der Waals surface area (Å²) in [5.41, 5.74) is 0.720. The molecular formula is C10H13Cl2NO2. The van der Waals surface area contributed by atoms with E-state index in [-0.39, 0.29) is 15.7 Å². The molecule has 0 atom stereocenters. The van der Waals surface area contributed by atoms with Crippen molar-refractivity contribution < 1.29 is 9.53 Å². The Hall–Kier alpha value is -0.800. The molecule has 0 unspecified atom stereocenters. The molecule has 0 radical (unpaired) electrons. The minimum atomic E-state index is -0.508. The maximum absolute atomic E-state index is 11.2. The molecule has 1 rings (SSSR count). The third-order valence-electron chi connectivity index (χ3n) is 1.51. The van der Waals surface area contributed by atoms with E-state index in [4.69, 9.17) is 23.2 Å². The first-order valence-corrected chi connectivity index (χ1v) is 5.22. The number of aromatic nitrogens is 1. The lowest BCUT2D eigenvalue weighted by Crippen LogP contribution is -2.06. The zero-order valence-electron chi connectivity index (χ0n) is 9.10. The summed E-state index contributed by atoms with van der Waals surface area (Å²) in [6.07, 6.45) is 0. The van der Waals surface area contributed by atoms with Gasteiger partial charge < -0.3 is 4.74 Å². The Balaban J connectivity index is 0.000000921. The Bertz CT molecular complexity index is 330. The van der Waals surface area contributed by atoms with E-state index >= 15 is 0 Å². The lowest BCUT2D eigenvalue weighted by Gasteiger charge is -2.05. The fraction of sp³-hybridized carbons (Fsp3) is 0.400. The van der Waals surface area contributed by atoms with Gasteiger partial charge in [-0.3, -0.25) is 0 Å². The van der Waals surface area contributed by atoms with Crippen molar-refractivity contribution in [1.82, 2.24) is 4.98 Å². The van der Waals surface area contributed by atoms with Crippen molar-refractivity contribution in [2.45, 2.75) is 20.8 Å². The summed E-state index contributed by atoms with van der Waals surface area (Å²) in [7, 11) is 1.28. The van der Waals surface area contributed by atoms with Gasteiger partial charge in [0.2, 0.25) is 0 Å². The average molecular weight is 250 g/mol. The van der Waals surface area contributed by atoms with Gasteiger partial charge in [0.15, 0.2) is 0 Å². The second kappa shape index (κ2) is 6.64. The third-order valence-corrected chi connectivity index (χ3v) is 2.00. The number of nitrogens with zero attached hydrogens (tertiary/aromatic N) is 1. The minimum Gasteiger partial charge on any atom is -0.465 e. The van der Waals surface area contributed by atoms with Gasteiger partial charge >= 0.3 is 5.97 Å². The summed E-state index contributed by atoms with van der Waals surface area (Å²) in [5, 5.41) is 0.513. The molecule has 0 aliphatic heterocycles. The van der Waals surface area contributed by atoms with Gasteiger partial charge in [-0.1, -0.05) is 37.0 Å². The normalized spacial score (nSPS) is 8.93. The van der Waals surface area contributed by atoms with E-state index in [0.29, 0.717) is 5.69 Å². The van der Waals surface area contributed by atoms with E-state index in [1.54, 1.807) is 6.92 Å². The molecule has 0 aromatic carbocycles. The van der Waals surface area contributed by atoms with Crippen molar-refractivity contribution in [2.24, 2.45) is 0 Å². The number of aryl methyl sites for hydroxylation is 1. The molecule has 0 aliphatic rings. The number of carbonyl (C=O) groups excluding carboxylic acids is 1. The third kappa shape index (κ3) is 3.68. The highest BCUT2D eigenvalue weighted by atomic mass is 35.5. The quantitative estimate of drug-likeness (QED) is 0.565. The number of esters is 1. The van der Waals surface area contributed by atoms with Gasteiger partial charge in [-0.2, -0.15) is 0 Å². The predicted octanol–water partition coefficient (Wildman–Crippen LogP) is 3.51. The highest BCUT2D eigenvalue weighted by Crippen LogP contribution is 2.22. The molecule has 0 amide bonds. The maximum Gasteiger partial charge on any atom is 0.341 e. The highest BCUT2D eigenvalue weighted by Gasteiger charge is 2.15. The van der Waals surface area contributed by atoms with E-state index < -0.39 is 5.97 Å². The molecule has 1 aromatic rings. The number of halogens is 2. The summed E-state index contributed by atoms with van der Waals surface area (Å²) in [6.45, 7) is 5.64. The minimum absolute atomic E-state index is 0.254. The van der Waals surface area contributed by atoms with Gasteiger partial charge in [-0.15, -0.1) is 0 Å². The van der Waals surface area contributed by atoms with Crippen LogP contribution in [-0.2, 0) is 4.74 Å². The first-order chi connectivity index (χ1) is 7.06. The van der Waals surface area contributed by atoms with Gasteiger partial charge in [-0.25, -0.2) is 9.78 Å². The Morgan fingerprint density at radius 1 is 1.40 bits per heavy atom. The molecule has 0 bridgehead atoms. The molecule has 0 saturated carbocycles. The molecule has 1 aromatic heterocycles. The number of methoxy groups -OCH3 is 1. The van der Waals surface area contributed by atoms with Crippen molar-refractivity contribution in [2.75, 3.05) is 7.11 Å². The van der Waals surface area contributed by atoms with Crippen LogP contribution in [0.15, 0.2) is 6.07 Å². The van der Waals surface area contributed by atoms with Crippen LogP contribution in [0.5, 0.6) is 0 Å². The van der Waals surface area contributed by atoms with E-state index in [0.717, 1.165) is 0 Å². The van der Waals surface area contributed by atoms with Crippen LogP contribution in [0.2, 0.25) is 10.2 Å². The van der Waals surface area contributed by atoms with Crippen LogP contribution in [-0.4, -0.2) is 18.1 Å². The summed E-state index contributed by atoms with van der Waals surface area (Å²) in [6, 6.07) is 1.41. The number of hydrogen-bond acceptors (Lipinski definition) is 3. The molecule has 0 saturated heterocycles. The molecule has 84 valence electrons. The smallest absolute Gasteiger partial charge is 0.341 e. The predicted molar refractivity (Wildman–Crippen MR) is 61.7 cm³/mol. The fourth-order valence-corrected chi connectivity index (χ4v) is 1.55. The summed E-state index contributed by atoms with van der Waals surface area (Å²) >= 11 is 11.4. The largest absolute Gasteiger partial charge is 0.465 e. The lowest BCUT2D eigenvalue weighted by molar-refractivity contribution is 0.0599. The summed E-state index contributed by atoms with van der Waals surface area (Å²) < 4.78 is 4.53. The monoisotopic (exact) mass is 249 g/mol. The SMILES string of the molecule is CC.COC(=O)c1c(Cl)cc(Cl)nc1C. The van der Waals surface area contributed by atoms with Gasteiger partial charge in [-0.05, 0) is 13.0 Å². The molecule has 0 fully saturated rings. The van der Waals surface area contributed by atoms with Crippen molar-refractivity contribution in [1.29, 1.82) is 0 Å². The van der Waals surface area contributed by atoms with E-state index in [9.17, 15) is 4.79 Å². The van der Waals surface area contributed by atoms with Gasteiger partial charge in [0.05, 0.1) is 23.4 Å². The number of hydrogen-bond donors (Lipinski definition) is 0. The number of carbonyl (C=O) groups is 1. The van der Waals surface area contributed by atoms with Gasteiger partial charge in [0.25, 0.3) is 0 Å². The lowest BCUT2D eigenvalue weighted by atomic mass is 10.2. The van der Waals surface area contributed by atoms with Crippen LogP contribution >= 0.6 is 23.2 Å². The first-order valence-electron chi connectivity index (χ1n) is 4.47. The molecule has 15 heavy (non-hydrogen) atoms. The van der Waals surface area contributed by atoms with Crippen LogP contribution < -0.4 is 0 Å². The Labute approximate surface area is 99.4 Å². The second-order valence-corrected chi connectivity index (χ2v) is 3.17. The molecule has 0 spiro atoms. The molecule has 5 heteroatoms. The fourth-order valence-electron chi connectivity index (χ4n) is 0.945. The molecule has 0 aliphatic carbocycles. The zero-order valence-corrected chi connectivity index (χ0v) is 10.6. The molecule has 0 N–H and O–H groups in total. The van der Waals surface area contributed by atoms with Crippen molar-refractivity contribution in [3.05, 3.63) is 27.5 Å². The van der Waals surface area contributed by atoms with Crippen LogP contribution in [0.1, 0.15) is 29.9 Å². The van der Waals surface area contributed by atoms with Crippen molar-refractivity contribution >= 4 is 29.2 Å². The topological polar surface area (TPSA) is 39.2 Å². The van der Waals surface area contributed by atoms with Gasteiger partial charge in [0, 0.05) is 0 Å². The van der Waals surface area contributed by atoms with Crippen LogP contribution in [0, 0.1) is 6.92 Å². The zero-order chi connectivity index (χ0) is 12.0. The summed E-state index contributed by atoms with van der Waals surface area (Å²) in [5.74, 6) is -0.508. The standard InChI is InChI=1S/C8H7Cl2NO2.C2H6/c1-4-7(8(12)13-2)5(9)3-6(10)11-4;1-2/h3H,1-2H3;1-2H3. The average Bonchev–Trinajstić information content (AvgIpc) is 2.19. The highest BCUT2D eigenvalue weighted by molar-refractivity contribution is 6.36. The van der Waals surface area contributed by atoms with Crippen molar-refractivity contribution in [3.8, 4) is 0 Å². The van der Waals surface area contributed by atoms with Crippen molar-refractivity contribution in [3.63, 3.8) is 0 Å². The molecule has 3 nitrogen and oxygen atoms in total. The Morgan fingerprint density at radius 2 is 1.93 bits per heavy atom. The maximum atomic E-state index is 11.2. The number of ether oxygens (including phenoxy) is 1. The Morgan fingerprint density at radius 3 is 2.33 bits per heavy atom. The van der Waals surface area contributed by atoms with Gasteiger partial charge in [0.1, 0.15) is 5.15 Å².